The molecule has 1 rings (SSSR count). The lowest BCUT2D eigenvalue weighted by atomic mass is 10.2. The Hall–Kier alpha value is -1.43. The van der Waals surface area contributed by atoms with E-state index in [4.69, 9.17) is 9.47 Å². The summed E-state index contributed by atoms with van der Waals surface area (Å²) in [5.41, 5.74) is 0.895. The van der Waals surface area contributed by atoms with Crippen molar-refractivity contribution in [3.63, 3.8) is 0 Å². The Labute approximate surface area is 188 Å². The first kappa shape index (κ1) is 27.6. The quantitative estimate of drug-likeness (QED) is 0.259. The van der Waals surface area contributed by atoms with Crippen LogP contribution in [0.5, 0.6) is 11.5 Å². The van der Waals surface area contributed by atoms with E-state index in [1.165, 1.54) is 7.05 Å². The largest absolute Gasteiger partial charge is 0.493 e. The van der Waals surface area contributed by atoms with Crippen molar-refractivity contribution >= 4 is 29.9 Å². The highest BCUT2D eigenvalue weighted by Gasteiger charge is 2.26. The fourth-order valence-electron chi connectivity index (χ4n) is 2.49. The maximum atomic E-state index is 12.2. The zero-order chi connectivity index (χ0) is 21.0. The number of halogens is 4. The highest BCUT2D eigenvalue weighted by molar-refractivity contribution is 14.0. The van der Waals surface area contributed by atoms with E-state index in [1.54, 1.807) is 7.11 Å². The average Bonchev–Trinajstić information content (AvgIpc) is 2.67. The number of aliphatic imine (C=N–C) groups is 1. The van der Waals surface area contributed by atoms with Gasteiger partial charge in [-0.2, -0.15) is 13.2 Å². The van der Waals surface area contributed by atoms with Gasteiger partial charge >= 0.3 is 6.18 Å². The molecule has 0 bridgehead atoms. The normalized spacial score (nSPS) is 11.8. The number of methoxy groups -OCH3 is 1. The maximum absolute atomic E-state index is 12.2. The number of ether oxygens (including phenoxy) is 2. The van der Waals surface area contributed by atoms with Crippen LogP contribution in [0.1, 0.15) is 25.8 Å². The van der Waals surface area contributed by atoms with Crippen molar-refractivity contribution in [2.24, 2.45) is 4.99 Å². The third kappa shape index (κ3) is 11.4. The molecule has 0 fully saturated rings. The molecule has 0 radical (unpaired) electrons. The zero-order valence-electron chi connectivity index (χ0n) is 17.4. The van der Waals surface area contributed by atoms with Crippen LogP contribution in [0.4, 0.5) is 13.2 Å². The number of alkyl halides is 3. The Kier molecular flexibility index (Phi) is 13.8. The predicted molar refractivity (Wildman–Crippen MR) is 121 cm³/mol. The number of benzene rings is 1. The molecule has 0 spiro atoms. The van der Waals surface area contributed by atoms with E-state index < -0.39 is 12.6 Å². The minimum absolute atomic E-state index is 0. The fourth-order valence-corrected chi connectivity index (χ4v) is 2.49. The lowest BCUT2D eigenvalue weighted by Crippen LogP contribution is -2.38. The van der Waals surface area contributed by atoms with Gasteiger partial charge in [-0.25, -0.2) is 0 Å². The molecule has 1 aromatic carbocycles. The standard InChI is InChI=1S/C19H31F3N4O2.HI/c1-5-26(6-2)11-12-28-16-8-7-15(13-17(16)27-4)14-25-18(23-3)24-10-9-19(20,21)22;/h7-8,13H,5-6,9-12,14H2,1-4H3,(H2,23,24,25);1H. The molecule has 0 atom stereocenters. The van der Waals surface area contributed by atoms with Crippen LogP contribution in [-0.4, -0.2) is 64.0 Å². The molecule has 1 aromatic rings. The molecule has 0 amide bonds. The van der Waals surface area contributed by atoms with Crippen LogP contribution in [0.15, 0.2) is 23.2 Å². The molecule has 0 aromatic heterocycles. The summed E-state index contributed by atoms with van der Waals surface area (Å²) < 4.78 is 47.9. The zero-order valence-corrected chi connectivity index (χ0v) is 19.8. The van der Waals surface area contributed by atoms with Gasteiger partial charge in [-0.3, -0.25) is 4.99 Å². The molecule has 6 nitrogen and oxygen atoms in total. The number of likely N-dealkylation sites (N-methyl/N-ethyl adjacent to an activating group) is 1. The van der Waals surface area contributed by atoms with E-state index in [-0.39, 0.29) is 30.5 Å². The van der Waals surface area contributed by atoms with Gasteiger partial charge < -0.3 is 25.0 Å². The number of guanidine groups is 1. The maximum Gasteiger partial charge on any atom is 0.390 e. The summed E-state index contributed by atoms with van der Waals surface area (Å²) in [6.45, 7) is 7.72. The highest BCUT2D eigenvalue weighted by Crippen LogP contribution is 2.28. The van der Waals surface area contributed by atoms with Crippen LogP contribution >= 0.6 is 24.0 Å². The minimum Gasteiger partial charge on any atom is -0.493 e. The molecule has 10 heteroatoms. The molecule has 0 saturated carbocycles. The molecule has 0 unspecified atom stereocenters. The number of rotatable bonds is 11. The fraction of sp³-hybridized carbons (Fsp3) is 0.632. The highest BCUT2D eigenvalue weighted by atomic mass is 127. The van der Waals surface area contributed by atoms with Gasteiger partial charge in [0.15, 0.2) is 17.5 Å². The topological polar surface area (TPSA) is 58.1 Å². The monoisotopic (exact) mass is 532 g/mol. The van der Waals surface area contributed by atoms with Crippen molar-refractivity contribution in [2.75, 3.05) is 46.9 Å². The van der Waals surface area contributed by atoms with E-state index in [0.29, 0.717) is 30.6 Å². The first-order valence-corrected chi connectivity index (χ1v) is 9.36. The Morgan fingerprint density at radius 3 is 2.38 bits per heavy atom. The van der Waals surface area contributed by atoms with Gasteiger partial charge in [-0.15, -0.1) is 24.0 Å². The summed E-state index contributed by atoms with van der Waals surface area (Å²) in [4.78, 5) is 6.19. The Morgan fingerprint density at radius 1 is 1.14 bits per heavy atom. The van der Waals surface area contributed by atoms with Gasteiger partial charge in [0.25, 0.3) is 0 Å². The molecule has 0 saturated heterocycles. The number of hydrogen-bond donors (Lipinski definition) is 2. The van der Waals surface area contributed by atoms with Gasteiger partial charge in [-0.05, 0) is 30.8 Å². The number of hydrogen-bond acceptors (Lipinski definition) is 4. The third-order valence-corrected chi connectivity index (χ3v) is 4.17. The molecule has 168 valence electrons. The minimum atomic E-state index is -4.19. The van der Waals surface area contributed by atoms with E-state index in [1.807, 2.05) is 18.2 Å². The van der Waals surface area contributed by atoms with Crippen molar-refractivity contribution in [3.05, 3.63) is 23.8 Å². The van der Waals surface area contributed by atoms with Crippen molar-refractivity contribution in [2.45, 2.75) is 33.0 Å². The van der Waals surface area contributed by atoms with E-state index in [9.17, 15) is 13.2 Å². The van der Waals surface area contributed by atoms with Crippen molar-refractivity contribution in [1.29, 1.82) is 0 Å². The number of nitrogens with one attached hydrogen (secondary N) is 2. The lowest BCUT2D eigenvalue weighted by Gasteiger charge is -2.19. The molecule has 0 heterocycles. The Bertz CT molecular complexity index is 612. The van der Waals surface area contributed by atoms with Gasteiger partial charge in [0, 0.05) is 26.7 Å². The lowest BCUT2D eigenvalue weighted by molar-refractivity contribution is -0.132. The van der Waals surface area contributed by atoms with Crippen LogP contribution in [0.25, 0.3) is 0 Å². The second-order valence-corrected chi connectivity index (χ2v) is 6.08. The molecule has 0 aliphatic rings. The molecule has 29 heavy (non-hydrogen) atoms. The molecular weight excluding hydrogens is 500 g/mol. The SMILES string of the molecule is CCN(CC)CCOc1ccc(CNC(=NC)NCCC(F)(F)F)cc1OC.I. The molecule has 0 aliphatic carbocycles. The summed E-state index contributed by atoms with van der Waals surface area (Å²) in [5, 5.41) is 5.63. The molecule has 2 N–H and O–H groups in total. The molecular formula is C19H32F3IN4O2. The summed E-state index contributed by atoms with van der Waals surface area (Å²) in [5.74, 6) is 1.58. The second-order valence-electron chi connectivity index (χ2n) is 6.08. The Balaban J connectivity index is 0.00000784. The van der Waals surface area contributed by atoms with Crippen LogP contribution in [0.3, 0.4) is 0 Å². The number of nitrogens with zero attached hydrogens (tertiary/aromatic N) is 2. The summed E-state index contributed by atoms with van der Waals surface area (Å²) in [7, 11) is 3.08. The first-order chi connectivity index (χ1) is 13.3. The summed E-state index contributed by atoms with van der Waals surface area (Å²) >= 11 is 0. The van der Waals surface area contributed by atoms with Gasteiger partial charge in [0.05, 0.1) is 13.5 Å². The van der Waals surface area contributed by atoms with Crippen LogP contribution in [-0.2, 0) is 6.54 Å². The van der Waals surface area contributed by atoms with Gasteiger partial charge in [-0.1, -0.05) is 19.9 Å². The average molecular weight is 532 g/mol. The van der Waals surface area contributed by atoms with Crippen LogP contribution in [0, 0.1) is 0 Å². The van der Waals surface area contributed by atoms with Crippen molar-refractivity contribution < 1.29 is 22.6 Å². The van der Waals surface area contributed by atoms with E-state index in [0.717, 1.165) is 25.2 Å². The predicted octanol–water partition coefficient (Wildman–Crippen LogP) is 3.65. The first-order valence-electron chi connectivity index (χ1n) is 9.36. The van der Waals surface area contributed by atoms with Crippen molar-refractivity contribution in [1.82, 2.24) is 15.5 Å². The van der Waals surface area contributed by atoms with Crippen LogP contribution in [0.2, 0.25) is 0 Å². The third-order valence-electron chi connectivity index (χ3n) is 4.17. The van der Waals surface area contributed by atoms with Gasteiger partial charge in [0.2, 0.25) is 0 Å². The van der Waals surface area contributed by atoms with Crippen molar-refractivity contribution in [3.8, 4) is 11.5 Å². The molecule has 0 aliphatic heterocycles. The second kappa shape index (κ2) is 14.5. The van der Waals surface area contributed by atoms with Crippen LogP contribution < -0.4 is 20.1 Å². The van der Waals surface area contributed by atoms with Gasteiger partial charge in [0.1, 0.15) is 6.61 Å². The Morgan fingerprint density at radius 2 is 1.83 bits per heavy atom. The van der Waals surface area contributed by atoms with E-state index in [2.05, 4.69) is 34.4 Å². The smallest absolute Gasteiger partial charge is 0.390 e. The summed E-state index contributed by atoms with van der Waals surface area (Å²) in [6, 6.07) is 5.55. The van der Waals surface area contributed by atoms with E-state index >= 15 is 0 Å². The summed E-state index contributed by atoms with van der Waals surface area (Å²) in [6.07, 6.45) is -5.11.